The quantitative estimate of drug-likeness (QED) is 0.378. The number of pyridine rings is 1. The summed E-state index contributed by atoms with van der Waals surface area (Å²) in [5, 5.41) is 11.8. The van der Waals surface area contributed by atoms with Crippen molar-refractivity contribution in [3.63, 3.8) is 0 Å². The van der Waals surface area contributed by atoms with Crippen LogP contribution in [0.3, 0.4) is 0 Å². The van der Waals surface area contributed by atoms with Crippen molar-refractivity contribution in [2.45, 2.75) is 20.0 Å². The van der Waals surface area contributed by atoms with Crippen LogP contribution >= 0.6 is 11.3 Å². The van der Waals surface area contributed by atoms with Crippen LogP contribution in [0.4, 0.5) is 0 Å². The average Bonchev–Trinajstić information content (AvgIpc) is 2.84. The summed E-state index contributed by atoms with van der Waals surface area (Å²) in [6.45, 7) is 3.48. The van der Waals surface area contributed by atoms with Crippen molar-refractivity contribution >= 4 is 17.2 Å². The van der Waals surface area contributed by atoms with Crippen LogP contribution in [0, 0.1) is 6.92 Å². The van der Waals surface area contributed by atoms with Gasteiger partial charge in [0.15, 0.2) is 5.84 Å². The van der Waals surface area contributed by atoms with E-state index in [1.165, 1.54) is 4.88 Å². The average molecular weight is 291 g/mol. The van der Waals surface area contributed by atoms with Crippen LogP contribution in [0.5, 0.6) is 0 Å². The van der Waals surface area contributed by atoms with Gasteiger partial charge < -0.3 is 10.9 Å². The highest BCUT2D eigenvalue weighted by atomic mass is 32.1. The van der Waals surface area contributed by atoms with Crippen LogP contribution in [0.25, 0.3) is 0 Å². The first-order valence-corrected chi connectivity index (χ1v) is 6.99. The van der Waals surface area contributed by atoms with E-state index >= 15 is 0 Å². The highest BCUT2D eigenvalue weighted by Gasteiger charge is 2.12. The third-order valence-electron chi connectivity index (χ3n) is 2.94. The number of oxime groups is 1. The van der Waals surface area contributed by atoms with Crippen LogP contribution in [0.1, 0.15) is 21.8 Å². The molecule has 2 rings (SSSR count). The zero-order valence-electron chi connectivity index (χ0n) is 11.4. The van der Waals surface area contributed by atoms with Crippen molar-refractivity contribution in [2.75, 3.05) is 7.05 Å². The van der Waals surface area contributed by atoms with Gasteiger partial charge in [-0.15, -0.1) is 11.3 Å². The van der Waals surface area contributed by atoms with E-state index in [2.05, 4.69) is 20.0 Å². The molecule has 0 saturated carbocycles. The number of aryl methyl sites for hydroxylation is 1. The van der Waals surface area contributed by atoms with Crippen molar-refractivity contribution in [3.8, 4) is 0 Å². The largest absolute Gasteiger partial charge is 0.409 e. The molecule has 106 valence electrons. The summed E-state index contributed by atoms with van der Waals surface area (Å²) in [5.74, 6) is 0.0305. The molecular weight excluding hydrogens is 274 g/mol. The molecule has 0 atom stereocenters. The van der Waals surface area contributed by atoms with E-state index in [9.17, 15) is 0 Å². The van der Waals surface area contributed by atoms with Gasteiger partial charge in [-0.05, 0) is 25.6 Å². The van der Waals surface area contributed by atoms with Crippen molar-refractivity contribution in [3.05, 3.63) is 45.7 Å². The summed E-state index contributed by atoms with van der Waals surface area (Å²) >= 11 is 1.65. The topological polar surface area (TPSA) is 87.6 Å². The summed E-state index contributed by atoms with van der Waals surface area (Å²) in [5.41, 5.74) is 9.99. The number of aromatic nitrogens is 2. The minimum Gasteiger partial charge on any atom is -0.409 e. The van der Waals surface area contributed by atoms with Crippen molar-refractivity contribution in [2.24, 2.45) is 10.9 Å². The van der Waals surface area contributed by atoms with Gasteiger partial charge >= 0.3 is 0 Å². The molecule has 20 heavy (non-hydrogen) atoms. The third-order valence-corrected chi connectivity index (χ3v) is 3.86. The van der Waals surface area contributed by atoms with Crippen LogP contribution in [0.2, 0.25) is 0 Å². The Morgan fingerprint density at radius 2 is 2.25 bits per heavy atom. The fourth-order valence-electron chi connectivity index (χ4n) is 1.91. The zero-order chi connectivity index (χ0) is 14.5. The molecule has 0 unspecified atom stereocenters. The number of nitrogens with two attached hydrogens (primary N) is 1. The van der Waals surface area contributed by atoms with E-state index in [0.29, 0.717) is 12.2 Å². The summed E-state index contributed by atoms with van der Waals surface area (Å²) in [6, 6.07) is 3.77. The lowest BCUT2D eigenvalue weighted by Crippen LogP contribution is -2.22. The molecule has 6 nitrogen and oxygen atoms in total. The van der Waals surface area contributed by atoms with Gasteiger partial charge in [0.1, 0.15) is 5.69 Å². The predicted octanol–water partition coefficient (Wildman–Crippen LogP) is 1.57. The van der Waals surface area contributed by atoms with Crippen molar-refractivity contribution in [1.82, 2.24) is 14.9 Å². The number of nitrogens with zero attached hydrogens (tertiary/aromatic N) is 4. The lowest BCUT2D eigenvalue weighted by atomic mass is 10.1. The molecule has 0 bridgehead atoms. The second-order valence-corrected chi connectivity index (χ2v) is 5.47. The normalized spacial score (nSPS) is 12.1. The lowest BCUT2D eigenvalue weighted by Gasteiger charge is -2.17. The summed E-state index contributed by atoms with van der Waals surface area (Å²) in [4.78, 5) is 11.8. The Kier molecular flexibility index (Phi) is 4.65. The molecule has 0 radical (unpaired) electrons. The molecular formula is C13H17N5OS. The standard InChI is InChI=1S/C13H17N5OS/c1-9-11(20-8-16-9)7-18(2)6-10-4-3-5-15-12(10)13(14)17-19/h3-5,8,19H,6-7H2,1-2H3,(H2,14,17). The monoisotopic (exact) mass is 291 g/mol. The Morgan fingerprint density at radius 1 is 1.45 bits per heavy atom. The van der Waals surface area contributed by atoms with E-state index in [1.54, 1.807) is 17.5 Å². The SMILES string of the molecule is Cc1ncsc1CN(C)Cc1cccnc1C(N)=NO. The van der Waals surface area contributed by atoms with E-state index < -0.39 is 0 Å². The number of hydrogen-bond acceptors (Lipinski definition) is 6. The molecule has 0 aliphatic heterocycles. The van der Waals surface area contributed by atoms with Gasteiger partial charge in [0.2, 0.25) is 0 Å². The minimum absolute atomic E-state index is 0.0305. The van der Waals surface area contributed by atoms with Gasteiger partial charge in [0, 0.05) is 24.2 Å². The van der Waals surface area contributed by atoms with Crippen LogP contribution < -0.4 is 5.73 Å². The number of hydrogen-bond donors (Lipinski definition) is 2. The number of rotatable bonds is 5. The molecule has 0 aliphatic rings. The highest BCUT2D eigenvalue weighted by Crippen LogP contribution is 2.16. The molecule has 2 aromatic heterocycles. The van der Waals surface area contributed by atoms with E-state index in [-0.39, 0.29) is 5.84 Å². The van der Waals surface area contributed by atoms with Crippen LogP contribution in [-0.4, -0.2) is 33.0 Å². The highest BCUT2D eigenvalue weighted by molar-refractivity contribution is 7.09. The lowest BCUT2D eigenvalue weighted by molar-refractivity contribution is 0.315. The molecule has 2 heterocycles. The second kappa shape index (κ2) is 6.44. The first-order chi connectivity index (χ1) is 9.61. The number of thiazole rings is 1. The van der Waals surface area contributed by atoms with Crippen LogP contribution in [-0.2, 0) is 13.1 Å². The maximum atomic E-state index is 8.79. The Morgan fingerprint density at radius 3 is 2.90 bits per heavy atom. The molecule has 0 aliphatic carbocycles. The van der Waals surface area contributed by atoms with E-state index in [1.807, 2.05) is 31.6 Å². The molecule has 0 aromatic carbocycles. The molecule has 2 aromatic rings. The fraction of sp³-hybridized carbons (Fsp3) is 0.308. The van der Waals surface area contributed by atoms with Gasteiger partial charge in [-0.1, -0.05) is 11.2 Å². The van der Waals surface area contributed by atoms with Gasteiger partial charge in [-0.2, -0.15) is 0 Å². The van der Waals surface area contributed by atoms with E-state index in [0.717, 1.165) is 17.8 Å². The van der Waals surface area contributed by atoms with Crippen molar-refractivity contribution < 1.29 is 5.21 Å². The Bertz CT molecular complexity index is 610. The molecule has 0 fully saturated rings. The molecule has 0 amide bonds. The van der Waals surface area contributed by atoms with Gasteiger partial charge in [-0.3, -0.25) is 9.88 Å². The maximum Gasteiger partial charge on any atom is 0.189 e. The zero-order valence-corrected chi connectivity index (χ0v) is 12.3. The van der Waals surface area contributed by atoms with Gasteiger partial charge in [0.05, 0.1) is 11.2 Å². The van der Waals surface area contributed by atoms with E-state index in [4.69, 9.17) is 10.9 Å². The third kappa shape index (κ3) is 3.31. The van der Waals surface area contributed by atoms with Crippen LogP contribution in [0.15, 0.2) is 29.0 Å². The Labute approximate surface area is 121 Å². The predicted molar refractivity (Wildman–Crippen MR) is 78.8 cm³/mol. The fourth-order valence-corrected chi connectivity index (χ4v) is 2.77. The second-order valence-electron chi connectivity index (χ2n) is 4.53. The first kappa shape index (κ1) is 14.4. The molecule has 0 saturated heterocycles. The maximum absolute atomic E-state index is 8.79. The van der Waals surface area contributed by atoms with Gasteiger partial charge in [0.25, 0.3) is 0 Å². The first-order valence-electron chi connectivity index (χ1n) is 6.11. The molecule has 7 heteroatoms. The smallest absolute Gasteiger partial charge is 0.189 e. The number of amidine groups is 1. The summed E-state index contributed by atoms with van der Waals surface area (Å²) in [6.07, 6.45) is 1.63. The Hall–Kier alpha value is -1.99. The van der Waals surface area contributed by atoms with Crippen molar-refractivity contribution in [1.29, 1.82) is 0 Å². The summed E-state index contributed by atoms with van der Waals surface area (Å²) in [7, 11) is 2.02. The van der Waals surface area contributed by atoms with Gasteiger partial charge in [-0.25, -0.2) is 4.98 Å². The minimum atomic E-state index is 0.0305. The Balaban J connectivity index is 2.12. The molecule has 3 N–H and O–H groups in total. The summed E-state index contributed by atoms with van der Waals surface area (Å²) < 4.78 is 0. The molecule has 0 spiro atoms.